The number of nitrogens with zero attached hydrogens (tertiary/aromatic N) is 2. The molecule has 3 atom stereocenters. The molecule has 12 heteroatoms. The van der Waals surface area contributed by atoms with Crippen molar-refractivity contribution in [3.05, 3.63) is 75.2 Å². The monoisotopic (exact) mass is 649 g/mol. The topological polar surface area (TPSA) is 145 Å². The molecule has 1 aliphatic rings. The van der Waals surface area contributed by atoms with Gasteiger partial charge in [-0.25, -0.2) is 4.79 Å². The summed E-state index contributed by atoms with van der Waals surface area (Å²) in [5.41, 5.74) is -0.665. The number of carbonyl (C=O) groups excluding carboxylic acids is 3. The molecule has 5 rings (SSSR count). The number of carbonyl (C=O) groups is 3. The van der Waals surface area contributed by atoms with Crippen LogP contribution < -0.4 is 21.5 Å². The van der Waals surface area contributed by atoms with Crippen LogP contribution in [-0.2, 0) is 14.3 Å². The molecule has 3 N–H and O–H groups in total. The van der Waals surface area contributed by atoms with Gasteiger partial charge in [-0.05, 0) is 84.9 Å². The van der Waals surface area contributed by atoms with Crippen molar-refractivity contribution in [1.29, 1.82) is 0 Å². The lowest BCUT2D eigenvalue weighted by Gasteiger charge is -2.33. The molecular weight excluding hydrogens is 610 g/mol. The minimum absolute atomic E-state index is 0.213. The normalized spacial score (nSPS) is 17.8. The van der Waals surface area contributed by atoms with Crippen LogP contribution in [0.25, 0.3) is 21.8 Å². The molecule has 0 bridgehead atoms. The first-order chi connectivity index (χ1) is 21.7. The highest BCUT2D eigenvalue weighted by Gasteiger charge is 2.36. The van der Waals surface area contributed by atoms with Crippen LogP contribution in [0.5, 0.6) is 0 Å². The molecule has 46 heavy (non-hydrogen) atoms. The first kappa shape index (κ1) is 33.0. The average molecular weight is 650 g/mol. The molecule has 11 nitrogen and oxygen atoms in total. The lowest BCUT2D eigenvalue weighted by molar-refractivity contribution is -0.132. The molecule has 2 aromatic carbocycles. The number of halogens is 1. The van der Waals surface area contributed by atoms with Crippen LogP contribution in [0, 0.1) is 6.92 Å². The van der Waals surface area contributed by atoms with Crippen LogP contribution in [0.15, 0.2) is 57.8 Å². The Kier molecular flexibility index (Phi) is 9.17. The first-order valence-electron chi connectivity index (χ1n) is 15.4. The Bertz CT molecular complexity index is 1840. The van der Waals surface area contributed by atoms with Crippen molar-refractivity contribution in [3.8, 4) is 0 Å². The van der Waals surface area contributed by atoms with E-state index in [1.807, 2.05) is 12.1 Å². The maximum absolute atomic E-state index is 13.9. The van der Waals surface area contributed by atoms with Gasteiger partial charge in [0.25, 0.3) is 5.56 Å². The zero-order valence-electron chi connectivity index (χ0n) is 26.9. The molecule has 1 saturated carbocycles. The van der Waals surface area contributed by atoms with Gasteiger partial charge in [0.15, 0.2) is 0 Å². The number of hydrogen-bond donors (Lipinski definition) is 3. The van der Waals surface area contributed by atoms with Crippen molar-refractivity contribution >= 4 is 51.3 Å². The van der Waals surface area contributed by atoms with Gasteiger partial charge in [-0.2, -0.15) is 0 Å². The second-order valence-corrected chi connectivity index (χ2v) is 13.8. The van der Waals surface area contributed by atoms with Gasteiger partial charge in [-0.1, -0.05) is 53.2 Å². The third-order valence-corrected chi connectivity index (χ3v) is 8.51. The predicted octanol–water partition coefficient (Wildman–Crippen LogP) is 5.87. The van der Waals surface area contributed by atoms with Crippen LogP contribution in [0.1, 0.15) is 83.7 Å². The smallest absolute Gasteiger partial charge is 0.408 e. The van der Waals surface area contributed by atoms with Gasteiger partial charge in [0.05, 0.1) is 10.5 Å². The highest BCUT2D eigenvalue weighted by Crippen LogP contribution is 2.35. The van der Waals surface area contributed by atoms with Gasteiger partial charge in [0.2, 0.25) is 11.8 Å². The van der Waals surface area contributed by atoms with Gasteiger partial charge in [0.1, 0.15) is 33.8 Å². The second-order valence-electron chi connectivity index (χ2n) is 13.4. The van der Waals surface area contributed by atoms with E-state index in [0.717, 1.165) is 12.8 Å². The van der Waals surface area contributed by atoms with E-state index >= 15 is 0 Å². The maximum atomic E-state index is 13.9. The van der Waals surface area contributed by atoms with Gasteiger partial charge < -0.3 is 29.8 Å². The fourth-order valence-corrected chi connectivity index (χ4v) is 6.28. The van der Waals surface area contributed by atoms with Crippen LogP contribution in [0.2, 0.25) is 5.02 Å². The molecule has 244 valence electrons. The molecule has 1 fully saturated rings. The Morgan fingerprint density at radius 1 is 1.02 bits per heavy atom. The summed E-state index contributed by atoms with van der Waals surface area (Å²) >= 11 is 6.61. The van der Waals surface area contributed by atoms with Crippen molar-refractivity contribution in [1.82, 2.24) is 25.7 Å². The molecule has 0 radical (unpaired) electrons. The molecule has 0 saturated heterocycles. The summed E-state index contributed by atoms with van der Waals surface area (Å²) in [5.74, 6) is -0.540. The number of aromatic nitrogens is 2. The Balaban J connectivity index is 1.39. The van der Waals surface area contributed by atoms with E-state index in [4.69, 9.17) is 20.9 Å². The fraction of sp³-hybridized carbons (Fsp3) is 0.441. The van der Waals surface area contributed by atoms with Crippen LogP contribution >= 0.6 is 11.6 Å². The largest absolute Gasteiger partial charge is 0.444 e. The number of alkyl carbamates (subject to hydrolysis) is 1. The molecular formula is C34H40ClN5O6. The minimum Gasteiger partial charge on any atom is -0.444 e. The zero-order chi connectivity index (χ0) is 33.4. The number of amides is 3. The number of nitrogens with one attached hydrogen (secondary N) is 3. The van der Waals surface area contributed by atoms with Gasteiger partial charge in [0, 0.05) is 17.5 Å². The van der Waals surface area contributed by atoms with Crippen molar-refractivity contribution in [2.45, 2.75) is 96.5 Å². The number of fused-ring (bicyclic) bond motifs is 3. The van der Waals surface area contributed by atoms with Crippen molar-refractivity contribution in [2.24, 2.45) is 0 Å². The highest BCUT2D eigenvalue weighted by atomic mass is 35.5. The van der Waals surface area contributed by atoms with Crippen molar-refractivity contribution in [2.75, 3.05) is 0 Å². The summed E-state index contributed by atoms with van der Waals surface area (Å²) < 4.78 is 12.5. The minimum atomic E-state index is -1.38. The Morgan fingerprint density at radius 3 is 2.43 bits per heavy atom. The molecule has 3 unspecified atom stereocenters. The van der Waals surface area contributed by atoms with Crippen LogP contribution in [-0.4, -0.2) is 44.8 Å². The van der Waals surface area contributed by atoms with Crippen LogP contribution in [0.4, 0.5) is 4.79 Å². The van der Waals surface area contributed by atoms with E-state index in [9.17, 15) is 19.2 Å². The van der Waals surface area contributed by atoms with Crippen molar-refractivity contribution in [3.63, 3.8) is 0 Å². The Labute approximate surface area is 272 Å². The number of ether oxygens (including phenoxy) is 1. The van der Waals surface area contributed by atoms with Crippen LogP contribution in [0.3, 0.4) is 0 Å². The summed E-state index contributed by atoms with van der Waals surface area (Å²) in [7, 11) is 0. The number of rotatable bonds is 7. The number of benzene rings is 2. The number of aryl methyl sites for hydroxylation is 1. The van der Waals surface area contributed by atoms with E-state index < -0.39 is 35.1 Å². The zero-order valence-corrected chi connectivity index (χ0v) is 27.7. The molecule has 0 spiro atoms. The third-order valence-electron chi connectivity index (χ3n) is 8.19. The molecule has 2 heterocycles. The Hall–Kier alpha value is -4.38. The molecule has 3 amide bonds. The molecule has 4 aromatic rings. The van der Waals surface area contributed by atoms with E-state index in [1.165, 1.54) is 0 Å². The first-order valence-corrected chi connectivity index (χ1v) is 15.8. The highest BCUT2D eigenvalue weighted by molar-refractivity contribution is 6.37. The SMILES string of the molecule is Cc1onc2c1c(=O)n(C1CCCC(NC(=O)C(NC(=O)C(C)(C)NC(=O)OC(C)(C)C)c3ccccc3)C1)c1cccc(Cl)c21. The quantitative estimate of drug-likeness (QED) is 0.227. The molecule has 2 aromatic heterocycles. The standard InChI is InChI=1S/C34H40ClN5O6/c1-19-25-28(39-46-19)26-23(35)16-11-17-24(26)40(30(25)42)22-15-10-14-21(18-22)36-29(41)27(20-12-8-7-9-13-20)37-31(43)34(5,6)38-32(44)45-33(2,3)4/h7-9,11-13,16-17,21-22,27H,10,14-15,18H2,1-6H3,(H,36,41)(H,37,43)(H,38,44). The Morgan fingerprint density at radius 2 is 1.74 bits per heavy atom. The lowest BCUT2D eigenvalue weighted by atomic mass is 9.89. The maximum Gasteiger partial charge on any atom is 0.408 e. The van der Waals surface area contributed by atoms with E-state index in [-0.39, 0.29) is 17.6 Å². The van der Waals surface area contributed by atoms with Gasteiger partial charge in [-0.3, -0.25) is 14.4 Å². The summed E-state index contributed by atoms with van der Waals surface area (Å²) in [5, 5.41) is 14.2. The number of pyridine rings is 1. The van der Waals surface area contributed by atoms with Gasteiger partial charge in [-0.15, -0.1) is 0 Å². The average Bonchev–Trinajstić information content (AvgIpc) is 3.36. The van der Waals surface area contributed by atoms with E-state index in [2.05, 4.69) is 21.1 Å². The molecule has 1 aliphatic carbocycles. The lowest BCUT2D eigenvalue weighted by Crippen LogP contribution is -2.57. The second kappa shape index (κ2) is 12.8. The predicted molar refractivity (Wildman–Crippen MR) is 176 cm³/mol. The molecule has 0 aliphatic heterocycles. The van der Waals surface area contributed by atoms with Crippen molar-refractivity contribution < 1.29 is 23.6 Å². The van der Waals surface area contributed by atoms with E-state index in [0.29, 0.717) is 51.0 Å². The summed E-state index contributed by atoms with van der Waals surface area (Å²) in [6.07, 6.45) is 1.94. The number of hydrogen-bond acceptors (Lipinski definition) is 7. The summed E-state index contributed by atoms with van der Waals surface area (Å²) in [4.78, 5) is 53.7. The fourth-order valence-electron chi connectivity index (χ4n) is 6.02. The summed E-state index contributed by atoms with van der Waals surface area (Å²) in [6, 6.07) is 12.8. The third kappa shape index (κ3) is 6.89. The summed E-state index contributed by atoms with van der Waals surface area (Å²) in [6.45, 7) is 9.98. The van der Waals surface area contributed by atoms with Gasteiger partial charge >= 0.3 is 6.09 Å². The van der Waals surface area contributed by atoms with E-state index in [1.54, 1.807) is 82.5 Å².